The van der Waals surface area contributed by atoms with Gasteiger partial charge in [-0.05, 0) is 48.4 Å². The molecule has 0 fully saturated rings. The van der Waals surface area contributed by atoms with Crippen molar-refractivity contribution in [1.29, 1.82) is 0 Å². The number of ether oxygens (including phenoxy) is 3. The Kier molecular flexibility index (Phi) is 8.52. The summed E-state index contributed by atoms with van der Waals surface area (Å²) in [5, 5.41) is 0.842. The van der Waals surface area contributed by atoms with Gasteiger partial charge in [0.2, 0.25) is 0 Å². The van der Waals surface area contributed by atoms with Gasteiger partial charge in [-0.2, -0.15) is 0 Å². The molecule has 1 aliphatic heterocycles. The first-order valence-electron chi connectivity index (χ1n) is 11.4. The van der Waals surface area contributed by atoms with Crippen molar-refractivity contribution in [2.24, 2.45) is 0 Å². The Labute approximate surface area is 233 Å². The predicted octanol–water partition coefficient (Wildman–Crippen LogP) is 6.11. The third-order valence-electron chi connectivity index (χ3n) is 6.14. The van der Waals surface area contributed by atoms with Crippen molar-refractivity contribution in [3.63, 3.8) is 0 Å². The van der Waals surface area contributed by atoms with Crippen LogP contribution in [-0.4, -0.2) is 49.4 Å². The van der Waals surface area contributed by atoms with E-state index in [1.165, 1.54) is 4.90 Å². The molecular weight excluding hydrogens is 583 g/mol. The van der Waals surface area contributed by atoms with E-state index < -0.39 is 11.8 Å². The number of carbonyl (C=O) groups is 2. The first-order valence-corrected chi connectivity index (χ1v) is 12.9. The molecular formula is C27H25BrCl2N2O5. The molecule has 0 aromatic heterocycles. The Morgan fingerprint density at radius 1 is 0.946 bits per heavy atom. The number of amides is 2. The lowest BCUT2D eigenvalue weighted by atomic mass is 9.97. The normalized spacial score (nSPS) is 12.5. The Balaban J connectivity index is 1.42. The van der Waals surface area contributed by atoms with E-state index in [1.54, 1.807) is 56.5 Å². The van der Waals surface area contributed by atoms with Crippen LogP contribution in [0.4, 0.5) is 0 Å². The van der Waals surface area contributed by atoms with E-state index in [1.807, 2.05) is 18.2 Å². The summed E-state index contributed by atoms with van der Waals surface area (Å²) >= 11 is 15.6. The number of hydrogen-bond donors (Lipinski definition) is 0. The fourth-order valence-corrected chi connectivity index (χ4v) is 4.96. The Bertz CT molecular complexity index is 1350. The summed E-state index contributed by atoms with van der Waals surface area (Å²) in [7, 11) is 4.80. The van der Waals surface area contributed by atoms with Crippen LogP contribution in [0.1, 0.15) is 16.7 Å². The lowest BCUT2D eigenvalue weighted by Crippen LogP contribution is -2.45. The second-order valence-corrected chi connectivity index (χ2v) is 10.2. The van der Waals surface area contributed by atoms with Crippen molar-refractivity contribution in [2.75, 3.05) is 27.8 Å². The van der Waals surface area contributed by atoms with Gasteiger partial charge in [-0.1, -0.05) is 45.2 Å². The molecule has 3 aromatic carbocycles. The molecule has 7 nitrogen and oxygen atoms in total. The highest BCUT2D eigenvalue weighted by molar-refractivity contribution is 9.10. The smallest absolute Gasteiger partial charge is 0.312 e. The van der Waals surface area contributed by atoms with Gasteiger partial charge in [-0.25, -0.2) is 0 Å². The number of likely N-dealkylation sites (N-methyl/N-ethyl adjacent to an activating group) is 1. The number of carbonyl (C=O) groups excluding carboxylic acids is 2. The minimum atomic E-state index is -0.589. The average Bonchev–Trinajstić information content (AvgIpc) is 2.90. The molecule has 37 heavy (non-hydrogen) atoms. The highest BCUT2D eigenvalue weighted by Crippen LogP contribution is 2.35. The van der Waals surface area contributed by atoms with Crippen LogP contribution in [0.5, 0.6) is 23.0 Å². The Morgan fingerprint density at radius 3 is 2.24 bits per heavy atom. The highest BCUT2D eigenvalue weighted by atomic mass is 79.9. The molecule has 0 saturated carbocycles. The Morgan fingerprint density at radius 2 is 1.59 bits per heavy atom. The summed E-state index contributed by atoms with van der Waals surface area (Å²) in [6.45, 7) is 0.928. The maximum Gasteiger partial charge on any atom is 0.312 e. The standard InChI is InChI=1S/C27H25BrCl2N2O5/c1-31(14-16-4-5-17(12-21(16)28)37-18-6-7-22(29)23(30)13-18)26(33)27(34)32-11-10-19-20(15-32)25(36-3)9-8-24(19)35-2/h4-9,12-13H,10-11,14-15H2,1-3H3. The van der Waals surface area contributed by atoms with Gasteiger partial charge in [0, 0.05) is 41.8 Å². The quantitative estimate of drug-likeness (QED) is 0.316. The van der Waals surface area contributed by atoms with E-state index >= 15 is 0 Å². The van der Waals surface area contributed by atoms with Gasteiger partial charge in [-0.15, -0.1) is 0 Å². The molecule has 1 heterocycles. The molecule has 4 rings (SSSR count). The van der Waals surface area contributed by atoms with E-state index in [0.29, 0.717) is 40.3 Å². The first-order chi connectivity index (χ1) is 17.7. The van der Waals surface area contributed by atoms with Crippen LogP contribution in [0.25, 0.3) is 0 Å². The molecule has 0 aliphatic carbocycles. The molecule has 0 bridgehead atoms. The van der Waals surface area contributed by atoms with E-state index in [2.05, 4.69) is 15.9 Å². The fraction of sp³-hybridized carbons (Fsp3) is 0.259. The van der Waals surface area contributed by atoms with E-state index in [0.717, 1.165) is 26.9 Å². The van der Waals surface area contributed by atoms with E-state index in [9.17, 15) is 9.59 Å². The molecule has 0 unspecified atom stereocenters. The number of hydrogen-bond acceptors (Lipinski definition) is 5. The van der Waals surface area contributed by atoms with E-state index in [4.69, 9.17) is 37.4 Å². The fourth-order valence-electron chi connectivity index (χ4n) is 4.19. The minimum Gasteiger partial charge on any atom is -0.496 e. The van der Waals surface area contributed by atoms with Crippen LogP contribution in [0.15, 0.2) is 53.0 Å². The van der Waals surface area contributed by atoms with Gasteiger partial charge in [-0.3, -0.25) is 9.59 Å². The van der Waals surface area contributed by atoms with Crippen molar-refractivity contribution in [2.45, 2.75) is 19.5 Å². The predicted molar refractivity (Wildman–Crippen MR) is 146 cm³/mol. The van der Waals surface area contributed by atoms with Crippen LogP contribution in [-0.2, 0) is 29.1 Å². The summed E-state index contributed by atoms with van der Waals surface area (Å²) in [5.74, 6) is 1.39. The summed E-state index contributed by atoms with van der Waals surface area (Å²) in [4.78, 5) is 29.1. The van der Waals surface area contributed by atoms with Crippen molar-refractivity contribution >= 4 is 50.9 Å². The van der Waals surface area contributed by atoms with E-state index in [-0.39, 0.29) is 13.1 Å². The molecule has 2 amide bonds. The number of halogens is 3. The molecule has 194 valence electrons. The van der Waals surface area contributed by atoms with Crippen molar-refractivity contribution in [3.05, 3.63) is 79.7 Å². The maximum absolute atomic E-state index is 13.1. The minimum absolute atomic E-state index is 0.236. The molecule has 0 spiro atoms. The second kappa shape index (κ2) is 11.6. The van der Waals surface area contributed by atoms with Crippen LogP contribution in [0, 0.1) is 0 Å². The molecule has 0 radical (unpaired) electrons. The lowest BCUT2D eigenvalue weighted by Gasteiger charge is -2.31. The molecule has 10 heteroatoms. The average molecular weight is 608 g/mol. The summed E-state index contributed by atoms with van der Waals surface area (Å²) < 4.78 is 17.5. The van der Waals surface area contributed by atoms with Crippen LogP contribution >= 0.6 is 39.1 Å². The van der Waals surface area contributed by atoms with Crippen molar-refractivity contribution in [3.8, 4) is 23.0 Å². The summed E-state index contributed by atoms with van der Waals surface area (Å²) in [6, 6.07) is 14.1. The molecule has 0 saturated heterocycles. The van der Waals surface area contributed by atoms with Crippen LogP contribution in [0.2, 0.25) is 10.0 Å². The Hall–Kier alpha value is -2.94. The SMILES string of the molecule is COc1ccc(OC)c2c1CCN(C(=O)C(=O)N(C)Cc1ccc(Oc3ccc(Cl)c(Cl)c3)cc1Br)C2. The topological polar surface area (TPSA) is 68.3 Å². The summed E-state index contributed by atoms with van der Waals surface area (Å²) in [6.07, 6.45) is 0.574. The highest BCUT2D eigenvalue weighted by Gasteiger charge is 2.31. The van der Waals surface area contributed by atoms with Gasteiger partial charge in [0.25, 0.3) is 0 Å². The van der Waals surface area contributed by atoms with Gasteiger partial charge >= 0.3 is 11.8 Å². The van der Waals surface area contributed by atoms with Crippen molar-refractivity contribution < 1.29 is 23.8 Å². The number of rotatable bonds is 6. The lowest BCUT2D eigenvalue weighted by molar-refractivity contribution is -0.151. The number of fused-ring (bicyclic) bond motifs is 1. The summed E-state index contributed by atoms with van der Waals surface area (Å²) in [5.41, 5.74) is 2.68. The van der Waals surface area contributed by atoms with Gasteiger partial charge < -0.3 is 24.0 Å². The second-order valence-electron chi connectivity index (χ2n) is 8.50. The van der Waals surface area contributed by atoms with Crippen molar-refractivity contribution in [1.82, 2.24) is 9.80 Å². The number of methoxy groups -OCH3 is 2. The van der Waals surface area contributed by atoms with Gasteiger partial charge in [0.1, 0.15) is 23.0 Å². The van der Waals surface area contributed by atoms with Crippen LogP contribution in [0.3, 0.4) is 0 Å². The monoisotopic (exact) mass is 606 g/mol. The third-order valence-corrected chi connectivity index (χ3v) is 7.62. The van der Waals surface area contributed by atoms with Crippen LogP contribution < -0.4 is 14.2 Å². The molecule has 0 atom stereocenters. The first kappa shape index (κ1) is 27.1. The third kappa shape index (κ3) is 5.98. The molecule has 3 aromatic rings. The zero-order valence-corrected chi connectivity index (χ0v) is 23.6. The number of nitrogens with zero attached hydrogens (tertiary/aromatic N) is 2. The molecule has 0 N–H and O–H groups in total. The zero-order chi connectivity index (χ0) is 26.7. The molecule has 1 aliphatic rings. The van der Waals surface area contributed by atoms with Gasteiger partial charge in [0.15, 0.2) is 0 Å². The van der Waals surface area contributed by atoms with Gasteiger partial charge in [0.05, 0.1) is 30.8 Å². The largest absolute Gasteiger partial charge is 0.496 e. The number of benzene rings is 3. The zero-order valence-electron chi connectivity index (χ0n) is 20.5. The maximum atomic E-state index is 13.1.